The Labute approximate surface area is 117 Å². The minimum atomic E-state index is -3.72. The van der Waals surface area contributed by atoms with Gasteiger partial charge in [-0.15, -0.1) is 10.2 Å². The first-order chi connectivity index (χ1) is 9.45. The van der Waals surface area contributed by atoms with Crippen molar-refractivity contribution in [2.24, 2.45) is 12.8 Å². The van der Waals surface area contributed by atoms with Crippen LogP contribution >= 0.6 is 0 Å². The molecule has 0 aromatic carbocycles. The molecule has 2 aromatic rings. The van der Waals surface area contributed by atoms with Gasteiger partial charge < -0.3 is 10.3 Å². The van der Waals surface area contributed by atoms with Crippen molar-refractivity contribution in [3.05, 3.63) is 36.2 Å². The summed E-state index contributed by atoms with van der Waals surface area (Å²) < 4.78 is 28.9. The number of aromatic nitrogens is 4. The molecule has 0 aliphatic carbocycles. The van der Waals surface area contributed by atoms with Crippen LogP contribution < -0.4 is 10.5 Å². The number of nitrogens with two attached hydrogens (primary N) is 1. The van der Waals surface area contributed by atoms with E-state index in [0.29, 0.717) is 11.5 Å². The highest BCUT2D eigenvalue weighted by Crippen LogP contribution is 2.16. The molecule has 0 radical (unpaired) electrons. The lowest BCUT2D eigenvalue weighted by Crippen LogP contribution is -2.29. The topological polar surface area (TPSA) is 116 Å². The van der Waals surface area contributed by atoms with E-state index in [1.807, 2.05) is 0 Å². The van der Waals surface area contributed by atoms with Gasteiger partial charge in [0.1, 0.15) is 17.0 Å². The highest BCUT2D eigenvalue weighted by molar-refractivity contribution is 7.89. The van der Waals surface area contributed by atoms with Crippen LogP contribution in [0.1, 0.15) is 24.5 Å². The van der Waals surface area contributed by atoms with Crippen LogP contribution in [0.15, 0.2) is 29.6 Å². The molecule has 8 nitrogen and oxygen atoms in total. The molecule has 3 N–H and O–H groups in total. The first-order valence-corrected chi connectivity index (χ1v) is 7.44. The van der Waals surface area contributed by atoms with Gasteiger partial charge in [0, 0.05) is 19.8 Å². The first kappa shape index (κ1) is 14.6. The SMILES string of the molecule is CC(NS(=O)(=O)c1cccnc1CN)c1nncn1C. The molecule has 0 saturated heterocycles. The molecule has 9 heteroatoms. The fourth-order valence-electron chi connectivity index (χ4n) is 1.85. The van der Waals surface area contributed by atoms with Crippen molar-refractivity contribution in [3.8, 4) is 0 Å². The van der Waals surface area contributed by atoms with Gasteiger partial charge in [0.15, 0.2) is 0 Å². The van der Waals surface area contributed by atoms with Gasteiger partial charge in [-0.1, -0.05) is 0 Å². The van der Waals surface area contributed by atoms with Crippen molar-refractivity contribution in [2.45, 2.75) is 24.4 Å². The molecule has 0 amide bonds. The third-order valence-corrected chi connectivity index (χ3v) is 4.41. The Morgan fingerprint density at radius 3 is 2.85 bits per heavy atom. The molecular formula is C11H16N6O2S. The van der Waals surface area contributed by atoms with E-state index in [-0.39, 0.29) is 11.4 Å². The van der Waals surface area contributed by atoms with Crippen molar-refractivity contribution in [3.63, 3.8) is 0 Å². The Hall–Kier alpha value is -1.84. The number of nitrogens with zero attached hydrogens (tertiary/aromatic N) is 4. The molecule has 1 unspecified atom stereocenters. The van der Waals surface area contributed by atoms with Crippen LogP contribution in [0.5, 0.6) is 0 Å². The zero-order valence-electron chi connectivity index (χ0n) is 11.2. The number of sulfonamides is 1. The van der Waals surface area contributed by atoms with Gasteiger partial charge in [-0.05, 0) is 19.1 Å². The largest absolute Gasteiger partial charge is 0.325 e. The summed E-state index contributed by atoms with van der Waals surface area (Å²) in [5.41, 5.74) is 5.84. The number of hydrogen-bond donors (Lipinski definition) is 2. The average Bonchev–Trinajstić information content (AvgIpc) is 2.84. The third kappa shape index (κ3) is 2.84. The lowest BCUT2D eigenvalue weighted by Gasteiger charge is -2.14. The quantitative estimate of drug-likeness (QED) is 0.783. The Morgan fingerprint density at radius 2 is 2.25 bits per heavy atom. The molecule has 108 valence electrons. The molecule has 0 bridgehead atoms. The first-order valence-electron chi connectivity index (χ1n) is 5.96. The standard InChI is InChI=1S/C11H16N6O2S/c1-8(11-15-14-7-17(11)2)16-20(18,19)10-4-3-5-13-9(10)6-12/h3-5,7-8,16H,6,12H2,1-2H3. The Bertz CT molecular complexity index is 696. The summed E-state index contributed by atoms with van der Waals surface area (Å²) in [5, 5.41) is 7.61. The maximum absolute atomic E-state index is 12.4. The second-order valence-electron chi connectivity index (χ2n) is 4.30. The van der Waals surface area contributed by atoms with E-state index in [1.54, 1.807) is 24.6 Å². The van der Waals surface area contributed by atoms with Crippen molar-refractivity contribution < 1.29 is 8.42 Å². The van der Waals surface area contributed by atoms with Crippen LogP contribution in [0.3, 0.4) is 0 Å². The van der Waals surface area contributed by atoms with Gasteiger partial charge >= 0.3 is 0 Å². The molecule has 1 atom stereocenters. The molecule has 0 aliphatic rings. The molecular weight excluding hydrogens is 280 g/mol. The van der Waals surface area contributed by atoms with E-state index in [4.69, 9.17) is 5.73 Å². The summed E-state index contributed by atoms with van der Waals surface area (Å²) >= 11 is 0. The van der Waals surface area contributed by atoms with Gasteiger partial charge in [-0.3, -0.25) is 4.98 Å². The van der Waals surface area contributed by atoms with Gasteiger partial charge in [0.2, 0.25) is 10.0 Å². The molecule has 0 fully saturated rings. The zero-order valence-corrected chi connectivity index (χ0v) is 12.0. The molecule has 0 aliphatic heterocycles. The van der Waals surface area contributed by atoms with E-state index in [1.165, 1.54) is 18.6 Å². The summed E-state index contributed by atoms with van der Waals surface area (Å²) in [5.74, 6) is 0.520. The minimum Gasteiger partial charge on any atom is -0.325 e. The van der Waals surface area contributed by atoms with E-state index >= 15 is 0 Å². The summed E-state index contributed by atoms with van der Waals surface area (Å²) in [6.45, 7) is 1.75. The molecule has 2 heterocycles. The van der Waals surface area contributed by atoms with E-state index in [2.05, 4.69) is 19.9 Å². The Morgan fingerprint density at radius 1 is 1.50 bits per heavy atom. The average molecular weight is 296 g/mol. The maximum Gasteiger partial charge on any atom is 0.243 e. The smallest absolute Gasteiger partial charge is 0.243 e. The van der Waals surface area contributed by atoms with Crippen molar-refractivity contribution in [1.82, 2.24) is 24.5 Å². The second kappa shape index (κ2) is 5.65. The predicted molar refractivity (Wildman–Crippen MR) is 71.9 cm³/mol. The number of nitrogens with one attached hydrogen (secondary N) is 1. The molecule has 0 saturated carbocycles. The van der Waals surface area contributed by atoms with Crippen LogP contribution in [-0.2, 0) is 23.6 Å². The van der Waals surface area contributed by atoms with Crippen LogP contribution in [-0.4, -0.2) is 28.2 Å². The number of pyridine rings is 1. The second-order valence-corrected chi connectivity index (χ2v) is 5.98. The van der Waals surface area contributed by atoms with Crippen LogP contribution in [0.25, 0.3) is 0 Å². The van der Waals surface area contributed by atoms with Gasteiger partial charge in [0.05, 0.1) is 11.7 Å². The number of aryl methyl sites for hydroxylation is 1. The van der Waals surface area contributed by atoms with Crippen molar-refractivity contribution >= 4 is 10.0 Å². The summed E-state index contributed by atoms with van der Waals surface area (Å²) in [7, 11) is -1.97. The van der Waals surface area contributed by atoms with E-state index < -0.39 is 16.1 Å². The third-order valence-electron chi connectivity index (χ3n) is 2.80. The van der Waals surface area contributed by atoms with Gasteiger partial charge in [-0.25, -0.2) is 13.1 Å². The molecule has 2 rings (SSSR count). The fraction of sp³-hybridized carbons (Fsp3) is 0.364. The normalized spacial score (nSPS) is 13.3. The lowest BCUT2D eigenvalue weighted by molar-refractivity contribution is 0.551. The van der Waals surface area contributed by atoms with Crippen molar-refractivity contribution in [2.75, 3.05) is 0 Å². The Kier molecular flexibility index (Phi) is 4.12. The van der Waals surface area contributed by atoms with Gasteiger partial charge in [-0.2, -0.15) is 0 Å². The van der Waals surface area contributed by atoms with Gasteiger partial charge in [0.25, 0.3) is 0 Å². The van der Waals surface area contributed by atoms with Crippen molar-refractivity contribution in [1.29, 1.82) is 0 Å². The van der Waals surface area contributed by atoms with Crippen LogP contribution in [0.2, 0.25) is 0 Å². The zero-order chi connectivity index (χ0) is 14.8. The fourth-order valence-corrected chi connectivity index (χ4v) is 3.26. The lowest BCUT2D eigenvalue weighted by atomic mass is 10.3. The summed E-state index contributed by atoms with van der Waals surface area (Å²) in [6.07, 6.45) is 3.02. The Balaban J connectivity index is 2.30. The maximum atomic E-state index is 12.4. The van der Waals surface area contributed by atoms with E-state index in [0.717, 1.165) is 0 Å². The van der Waals surface area contributed by atoms with Crippen LogP contribution in [0, 0.1) is 0 Å². The molecule has 0 spiro atoms. The summed E-state index contributed by atoms with van der Waals surface area (Å²) in [4.78, 5) is 4.05. The molecule has 20 heavy (non-hydrogen) atoms. The van der Waals surface area contributed by atoms with E-state index in [9.17, 15) is 8.42 Å². The highest BCUT2D eigenvalue weighted by atomic mass is 32.2. The molecule has 2 aromatic heterocycles. The number of rotatable bonds is 5. The predicted octanol–water partition coefficient (Wildman–Crippen LogP) is -0.292. The summed E-state index contributed by atoms with van der Waals surface area (Å²) in [6, 6.07) is 2.51. The van der Waals surface area contributed by atoms with Crippen LogP contribution in [0.4, 0.5) is 0 Å². The monoisotopic (exact) mass is 296 g/mol. The highest BCUT2D eigenvalue weighted by Gasteiger charge is 2.23. The minimum absolute atomic E-state index is 0.0510. The number of hydrogen-bond acceptors (Lipinski definition) is 6.